The van der Waals surface area contributed by atoms with Gasteiger partial charge >= 0.3 is 0 Å². The molecule has 1 amide bonds. The maximum Gasteiger partial charge on any atom is 0.247 e. The van der Waals surface area contributed by atoms with E-state index < -0.39 is 0 Å². The molecule has 0 atom stereocenters. The number of aliphatic hydroxyl groups excluding tert-OH is 1. The summed E-state index contributed by atoms with van der Waals surface area (Å²) in [5.74, 6) is 0.0576. The molecule has 2 N–H and O–H groups in total. The second-order valence-electron chi connectivity index (χ2n) is 3.72. The zero-order valence-electron chi connectivity index (χ0n) is 9.04. The van der Waals surface area contributed by atoms with Crippen molar-refractivity contribution in [1.29, 1.82) is 0 Å². The van der Waals surface area contributed by atoms with Crippen LogP contribution < -0.4 is 5.32 Å². The molecule has 0 spiro atoms. The SMILES string of the molecule is O=C(NCCCCCCO)C1=CC=CC1. The number of allylic oxidation sites excluding steroid dienone is 3. The Balaban J connectivity index is 1.98. The van der Waals surface area contributed by atoms with Crippen LogP contribution in [0.3, 0.4) is 0 Å². The molecule has 0 aromatic heterocycles. The van der Waals surface area contributed by atoms with Crippen LogP contribution in [0.25, 0.3) is 0 Å². The summed E-state index contributed by atoms with van der Waals surface area (Å²) in [4.78, 5) is 11.5. The van der Waals surface area contributed by atoms with Crippen LogP contribution in [0.4, 0.5) is 0 Å². The van der Waals surface area contributed by atoms with Gasteiger partial charge < -0.3 is 10.4 Å². The highest BCUT2D eigenvalue weighted by molar-refractivity contribution is 5.94. The number of amides is 1. The van der Waals surface area contributed by atoms with Crippen LogP contribution in [0.15, 0.2) is 23.8 Å². The normalized spacial score (nSPS) is 14.1. The third-order valence-corrected chi connectivity index (χ3v) is 2.43. The highest BCUT2D eigenvalue weighted by Crippen LogP contribution is 2.09. The van der Waals surface area contributed by atoms with Gasteiger partial charge in [0.1, 0.15) is 0 Å². The van der Waals surface area contributed by atoms with Crippen molar-refractivity contribution in [1.82, 2.24) is 5.32 Å². The molecular formula is C12H19NO2. The third kappa shape index (κ3) is 4.79. The van der Waals surface area contributed by atoms with E-state index in [0.29, 0.717) is 0 Å². The lowest BCUT2D eigenvalue weighted by Gasteiger charge is -2.05. The molecule has 1 aliphatic rings. The minimum Gasteiger partial charge on any atom is -0.396 e. The van der Waals surface area contributed by atoms with Gasteiger partial charge in [-0.05, 0) is 19.3 Å². The molecule has 0 unspecified atom stereocenters. The number of aliphatic hydroxyl groups is 1. The molecular weight excluding hydrogens is 190 g/mol. The smallest absolute Gasteiger partial charge is 0.247 e. The standard InChI is InChI=1S/C12H19NO2/c14-10-6-2-1-5-9-13-12(15)11-7-3-4-8-11/h3-4,7,14H,1-2,5-6,8-10H2,(H,13,15). The maximum atomic E-state index is 11.5. The van der Waals surface area contributed by atoms with Crippen molar-refractivity contribution in [3.05, 3.63) is 23.8 Å². The molecule has 0 bridgehead atoms. The van der Waals surface area contributed by atoms with Crippen molar-refractivity contribution < 1.29 is 9.90 Å². The van der Waals surface area contributed by atoms with Crippen LogP contribution in [0.5, 0.6) is 0 Å². The van der Waals surface area contributed by atoms with E-state index in [1.54, 1.807) is 0 Å². The third-order valence-electron chi connectivity index (χ3n) is 2.43. The molecule has 3 nitrogen and oxygen atoms in total. The Hall–Kier alpha value is -1.09. The average molecular weight is 209 g/mol. The second kappa shape index (κ2) is 7.23. The molecule has 3 heteroatoms. The average Bonchev–Trinajstić information content (AvgIpc) is 2.76. The predicted octanol–water partition coefficient (Wildman–Crippen LogP) is 1.54. The predicted molar refractivity (Wildman–Crippen MR) is 60.4 cm³/mol. The molecule has 84 valence electrons. The Kier molecular flexibility index (Phi) is 5.78. The summed E-state index contributed by atoms with van der Waals surface area (Å²) in [6.45, 7) is 1.01. The van der Waals surface area contributed by atoms with Crippen molar-refractivity contribution in [2.75, 3.05) is 13.2 Å². The lowest BCUT2D eigenvalue weighted by atomic mass is 10.2. The molecule has 0 fully saturated rings. The van der Waals surface area contributed by atoms with Crippen LogP contribution >= 0.6 is 0 Å². The largest absolute Gasteiger partial charge is 0.396 e. The molecule has 0 radical (unpaired) electrons. The highest BCUT2D eigenvalue weighted by Gasteiger charge is 2.08. The lowest BCUT2D eigenvalue weighted by Crippen LogP contribution is -2.25. The van der Waals surface area contributed by atoms with Crippen LogP contribution in [0.2, 0.25) is 0 Å². The summed E-state index contributed by atoms with van der Waals surface area (Å²) in [7, 11) is 0. The summed E-state index contributed by atoms with van der Waals surface area (Å²) < 4.78 is 0. The molecule has 0 saturated heterocycles. The number of nitrogens with one attached hydrogen (secondary N) is 1. The fourth-order valence-electron chi connectivity index (χ4n) is 1.52. The van der Waals surface area contributed by atoms with Crippen LogP contribution in [0, 0.1) is 0 Å². The Morgan fingerprint density at radius 2 is 2.13 bits per heavy atom. The summed E-state index contributed by atoms with van der Waals surface area (Å²) in [6.07, 6.45) is 10.5. The van der Waals surface area contributed by atoms with Crippen molar-refractivity contribution in [2.45, 2.75) is 32.1 Å². The Labute approximate surface area is 90.9 Å². The summed E-state index contributed by atoms with van der Waals surface area (Å²) in [5.41, 5.74) is 0.852. The van der Waals surface area contributed by atoms with E-state index in [-0.39, 0.29) is 12.5 Å². The molecule has 0 aromatic carbocycles. The molecule has 0 aliphatic heterocycles. The number of carbonyl (C=O) groups excluding carboxylic acids is 1. The van der Waals surface area contributed by atoms with Gasteiger partial charge in [-0.15, -0.1) is 0 Å². The number of rotatable bonds is 7. The molecule has 0 heterocycles. The molecule has 15 heavy (non-hydrogen) atoms. The quantitative estimate of drug-likeness (QED) is 0.625. The second-order valence-corrected chi connectivity index (χ2v) is 3.72. The van der Waals surface area contributed by atoms with Crippen LogP contribution in [-0.2, 0) is 4.79 Å². The number of hydrogen-bond acceptors (Lipinski definition) is 2. The van der Waals surface area contributed by atoms with Gasteiger partial charge in [0.05, 0.1) is 0 Å². The number of unbranched alkanes of at least 4 members (excludes halogenated alkanes) is 3. The number of carbonyl (C=O) groups is 1. The van der Waals surface area contributed by atoms with Gasteiger partial charge in [0.2, 0.25) is 5.91 Å². The zero-order valence-corrected chi connectivity index (χ0v) is 9.04. The van der Waals surface area contributed by atoms with E-state index in [1.807, 2.05) is 18.2 Å². The topological polar surface area (TPSA) is 49.3 Å². The minimum atomic E-state index is 0.0576. The maximum absolute atomic E-state index is 11.5. The van der Waals surface area contributed by atoms with Crippen molar-refractivity contribution in [3.8, 4) is 0 Å². The molecule has 1 rings (SSSR count). The van der Waals surface area contributed by atoms with E-state index in [9.17, 15) is 4.79 Å². The van der Waals surface area contributed by atoms with Gasteiger partial charge in [0.25, 0.3) is 0 Å². The first-order valence-corrected chi connectivity index (χ1v) is 5.59. The lowest BCUT2D eigenvalue weighted by molar-refractivity contribution is -0.117. The summed E-state index contributed by atoms with van der Waals surface area (Å²) in [6, 6.07) is 0. The van der Waals surface area contributed by atoms with Crippen molar-refractivity contribution >= 4 is 5.91 Å². The van der Waals surface area contributed by atoms with Gasteiger partial charge in [0.15, 0.2) is 0 Å². The van der Waals surface area contributed by atoms with Crippen molar-refractivity contribution in [2.24, 2.45) is 0 Å². The van der Waals surface area contributed by atoms with E-state index >= 15 is 0 Å². The molecule has 1 aliphatic carbocycles. The molecule has 0 saturated carbocycles. The van der Waals surface area contributed by atoms with E-state index in [1.165, 1.54) is 0 Å². The van der Waals surface area contributed by atoms with E-state index in [4.69, 9.17) is 5.11 Å². The highest BCUT2D eigenvalue weighted by atomic mass is 16.2. The van der Waals surface area contributed by atoms with Gasteiger partial charge in [0, 0.05) is 18.7 Å². The van der Waals surface area contributed by atoms with Crippen LogP contribution in [0.1, 0.15) is 32.1 Å². The number of hydrogen-bond donors (Lipinski definition) is 2. The monoisotopic (exact) mass is 209 g/mol. The Morgan fingerprint density at radius 1 is 1.33 bits per heavy atom. The molecule has 0 aromatic rings. The summed E-state index contributed by atoms with van der Waals surface area (Å²) in [5, 5.41) is 11.5. The first-order valence-electron chi connectivity index (χ1n) is 5.59. The zero-order chi connectivity index (χ0) is 10.9. The Bertz CT molecular complexity index is 256. The Morgan fingerprint density at radius 3 is 2.80 bits per heavy atom. The van der Waals surface area contributed by atoms with E-state index in [2.05, 4.69) is 5.32 Å². The van der Waals surface area contributed by atoms with Gasteiger partial charge in [-0.3, -0.25) is 4.79 Å². The summed E-state index contributed by atoms with van der Waals surface area (Å²) >= 11 is 0. The van der Waals surface area contributed by atoms with Crippen LogP contribution in [-0.4, -0.2) is 24.2 Å². The van der Waals surface area contributed by atoms with Gasteiger partial charge in [-0.2, -0.15) is 0 Å². The first-order chi connectivity index (χ1) is 7.34. The van der Waals surface area contributed by atoms with E-state index in [0.717, 1.165) is 44.2 Å². The minimum absolute atomic E-state index is 0.0576. The fourth-order valence-corrected chi connectivity index (χ4v) is 1.52. The first kappa shape index (κ1) is 12.0. The van der Waals surface area contributed by atoms with Crippen molar-refractivity contribution in [3.63, 3.8) is 0 Å². The van der Waals surface area contributed by atoms with Gasteiger partial charge in [-0.25, -0.2) is 0 Å². The fraction of sp³-hybridized carbons (Fsp3) is 0.583. The van der Waals surface area contributed by atoms with Gasteiger partial charge in [-0.1, -0.05) is 31.1 Å².